The molecule has 0 spiro atoms. The molecule has 0 unspecified atom stereocenters. The summed E-state index contributed by atoms with van der Waals surface area (Å²) in [5, 5.41) is 17.7. The number of phenolic OH excluding ortho intramolecular Hbond substituents is 1. The van der Waals surface area contributed by atoms with E-state index in [4.69, 9.17) is 28.7 Å². The van der Waals surface area contributed by atoms with Crippen molar-refractivity contribution in [3.8, 4) is 5.75 Å². The lowest BCUT2D eigenvalue weighted by molar-refractivity contribution is -0.133. The molecular formula is C30H45N9O5. The Morgan fingerprint density at radius 3 is 1.89 bits per heavy atom. The first-order chi connectivity index (χ1) is 21.0. The number of carbonyl (C=O) groups is 4. The third kappa shape index (κ3) is 13.1. The number of primary amides is 1. The molecule has 0 heterocycles. The molecule has 0 radical (unpaired) electrons. The second kappa shape index (κ2) is 18.8. The van der Waals surface area contributed by atoms with Crippen LogP contribution >= 0.6 is 0 Å². The van der Waals surface area contributed by atoms with Crippen LogP contribution in [0.25, 0.3) is 0 Å². The fourth-order valence-corrected chi connectivity index (χ4v) is 4.39. The van der Waals surface area contributed by atoms with Crippen LogP contribution < -0.4 is 44.6 Å². The molecule has 0 saturated heterocycles. The molecule has 240 valence electrons. The molecule has 2 aromatic rings. The van der Waals surface area contributed by atoms with Crippen molar-refractivity contribution in [1.82, 2.24) is 16.0 Å². The van der Waals surface area contributed by atoms with E-state index in [1.165, 1.54) is 12.1 Å². The number of nitrogens with one attached hydrogen (secondary N) is 3. The lowest BCUT2D eigenvalue weighted by atomic mass is 10.0. The Labute approximate surface area is 257 Å². The first-order valence-corrected chi connectivity index (χ1v) is 14.5. The molecule has 44 heavy (non-hydrogen) atoms. The smallest absolute Gasteiger partial charge is 0.243 e. The molecule has 2 aromatic carbocycles. The second-order valence-electron chi connectivity index (χ2n) is 10.5. The summed E-state index contributed by atoms with van der Waals surface area (Å²) in [4.78, 5) is 56.0. The van der Waals surface area contributed by atoms with Gasteiger partial charge >= 0.3 is 0 Å². The van der Waals surface area contributed by atoms with Crippen molar-refractivity contribution in [2.75, 3.05) is 13.1 Å². The number of hydrogen-bond donors (Lipinski definition) is 9. The molecule has 14 heteroatoms. The Morgan fingerprint density at radius 1 is 0.705 bits per heavy atom. The Kier molecular flexibility index (Phi) is 15.1. The van der Waals surface area contributed by atoms with Crippen molar-refractivity contribution in [1.29, 1.82) is 0 Å². The second-order valence-corrected chi connectivity index (χ2v) is 10.5. The van der Waals surface area contributed by atoms with Gasteiger partial charge in [0.1, 0.15) is 23.9 Å². The molecule has 14 nitrogen and oxygen atoms in total. The number of nitrogens with zero attached hydrogens (tertiary/aromatic N) is 1. The van der Waals surface area contributed by atoms with Gasteiger partial charge in [-0.05, 0) is 61.9 Å². The van der Waals surface area contributed by atoms with E-state index in [-0.39, 0.29) is 43.9 Å². The van der Waals surface area contributed by atoms with Crippen LogP contribution in [0.1, 0.15) is 43.2 Å². The highest BCUT2D eigenvalue weighted by Gasteiger charge is 2.30. The normalized spacial score (nSPS) is 13.5. The lowest BCUT2D eigenvalue weighted by Gasteiger charge is -2.26. The van der Waals surface area contributed by atoms with Crippen LogP contribution in [0.5, 0.6) is 5.75 Å². The zero-order valence-electron chi connectivity index (χ0n) is 24.8. The van der Waals surface area contributed by atoms with Crippen molar-refractivity contribution < 1.29 is 24.3 Å². The van der Waals surface area contributed by atoms with Gasteiger partial charge in [-0.15, -0.1) is 0 Å². The minimum absolute atomic E-state index is 0.0396. The first kappa shape index (κ1) is 35.5. The molecule has 14 N–H and O–H groups in total. The molecule has 0 bridgehead atoms. The summed E-state index contributed by atoms with van der Waals surface area (Å²) in [6.07, 6.45) is 2.27. The van der Waals surface area contributed by atoms with E-state index in [0.717, 1.165) is 5.56 Å². The standard InChI is InChI=1S/C30H45N9O5/c31-15-5-4-10-23(28(43)38-24(26(33)41)17-19-7-2-1-3-8-19)37-29(44)25(18-20-11-13-21(40)14-12-20)39-27(42)22(32)9-6-16-36-30(34)35/h1-3,7-8,11-14,22-25,40H,4-6,9-10,15-18,31-32H2,(H2,33,41)(H,37,44)(H,38,43)(H,39,42)(H4,34,35,36)/t22-,23-,24-,25-/m0/s1. The molecule has 0 aliphatic heterocycles. The minimum atomic E-state index is -1.11. The van der Waals surface area contributed by atoms with Crippen molar-refractivity contribution in [3.63, 3.8) is 0 Å². The summed E-state index contributed by atoms with van der Waals surface area (Å²) in [5.41, 5.74) is 29.4. The molecule has 0 saturated carbocycles. The van der Waals surface area contributed by atoms with Gasteiger partial charge in [0, 0.05) is 19.4 Å². The van der Waals surface area contributed by atoms with Gasteiger partial charge in [-0.1, -0.05) is 42.5 Å². The molecule has 0 aliphatic rings. The first-order valence-electron chi connectivity index (χ1n) is 14.5. The van der Waals surface area contributed by atoms with Gasteiger partial charge in [0.05, 0.1) is 6.04 Å². The molecule has 0 aliphatic carbocycles. The maximum Gasteiger partial charge on any atom is 0.243 e. The van der Waals surface area contributed by atoms with Gasteiger partial charge < -0.3 is 49.7 Å². The minimum Gasteiger partial charge on any atom is -0.508 e. The van der Waals surface area contributed by atoms with E-state index in [1.807, 2.05) is 30.3 Å². The highest BCUT2D eigenvalue weighted by molar-refractivity contribution is 5.94. The zero-order valence-corrected chi connectivity index (χ0v) is 24.8. The Bertz CT molecular complexity index is 1240. The van der Waals surface area contributed by atoms with Crippen LogP contribution in [-0.4, -0.2) is 72.0 Å². The number of aromatic hydroxyl groups is 1. The van der Waals surface area contributed by atoms with Crippen LogP contribution in [0.2, 0.25) is 0 Å². The SMILES string of the molecule is NCCCC[C@H](NC(=O)[C@H](Cc1ccc(O)cc1)NC(=O)[C@@H](N)CCCN=C(N)N)C(=O)N[C@@H](Cc1ccccc1)C(N)=O. The van der Waals surface area contributed by atoms with E-state index in [1.54, 1.807) is 12.1 Å². The number of amides is 4. The van der Waals surface area contributed by atoms with Crippen LogP contribution in [0.3, 0.4) is 0 Å². The van der Waals surface area contributed by atoms with Gasteiger partial charge in [0.15, 0.2) is 5.96 Å². The quantitative estimate of drug-likeness (QED) is 0.0514. The number of guanidine groups is 1. The predicted molar refractivity (Wildman–Crippen MR) is 168 cm³/mol. The molecule has 4 atom stereocenters. The average Bonchev–Trinajstić information content (AvgIpc) is 2.99. The zero-order chi connectivity index (χ0) is 32.5. The number of unbranched alkanes of at least 4 members (excludes halogenated alkanes) is 1. The lowest BCUT2D eigenvalue weighted by Crippen LogP contribution is -2.58. The van der Waals surface area contributed by atoms with Crippen molar-refractivity contribution in [2.24, 2.45) is 33.7 Å². The summed E-state index contributed by atoms with van der Waals surface area (Å²) in [7, 11) is 0. The van der Waals surface area contributed by atoms with Gasteiger partial charge in [0.25, 0.3) is 0 Å². The van der Waals surface area contributed by atoms with Crippen LogP contribution in [0.15, 0.2) is 59.6 Å². The number of nitrogens with two attached hydrogens (primary N) is 5. The average molecular weight is 612 g/mol. The monoisotopic (exact) mass is 611 g/mol. The molecule has 4 amide bonds. The number of benzene rings is 2. The van der Waals surface area contributed by atoms with E-state index >= 15 is 0 Å². The van der Waals surface area contributed by atoms with E-state index in [0.29, 0.717) is 31.4 Å². The summed E-state index contributed by atoms with van der Waals surface area (Å²) < 4.78 is 0. The molecule has 0 aromatic heterocycles. The summed E-state index contributed by atoms with van der Waals surface area (Å²) >= 11 is 0. The Balaban J connectivity index is 2.21. The summed E-state index contributed by atoms with van der Waals surface area (Å²) in [6.45, 7) is 0.678. The topological polar surface area (TPSA) is 267 Å². The number of rotatable bonds is 19. The fraction of sp³-hybridized carbons (Fsp3) is 0.433. The molecule has 2 rings (SSSR count). The maximum absolute atomic E-state index is 13.6. The number of phenols is 1. The van der Waals surface area contributed by atoms with Crippen LogP contribution in [0, 0.1) is 0 Å². The van der Waals surface area contributed by atoms with Gasteiger partial charge in [-0.3, -0.25) is 24.2 Å². The van der Waals surface area contributed by atoms with Gasteiger partial charge in [-0.2, -0.15) is 0 Å². The number of aliphatic imine (C=N–C) groups is 1. The summed E-state index contributed by atoms with van der Waals surface area (Å²) in [6, 6.07) is 11.1. The van der Waals surface area contributed by atoms with Gasteiger partial charge in [-0.25, -0.2) is 0 Å². The fourth-order valence-electron chi connectivity index (χ4n) is 4.39. The largest absolute Gasteiger partial charge is 0.508 e. The van der Waals surface area contributed by atoms with Crippen molar-refractivity contribution >= 4 is 29.6 Å². The van der Waals surface area contributed by atoms with Crippen LogP contribution in [-0.2, 0) is 32.0 Å². The molecule has 0 fully saturated rings. The maximum atomic E-state index is 13.6. The summed E-state index contributed by atoms with van der Waals surface area (Å²) in [5.74, 6) is -2.56. The Morgan fingerprint density at radius 2 is 1.27 bits per heavy atom. The van der Waals surface area contributed by atoms with E-state index in [9.17, 15) is 24.3 Å². The number of carbonyl (C=O) groups excluding carboxylic acids is 4. The predicted octanol–water partition coefficient (Wildman–Crippen LogP) is -1.37. The number of hydrogen-bond acceptors (Lipinski definition) is 8. The van der Waals surface area contributed by atoms with Crippen LogP contribution in [0.4, 0.5) is 0 Å². The third-order valence-electron chi connectivity index (χ3n) is 6.84. The van der Waals surface area contributed by atoms with Crippen molar-refractivity contribution in [2.45, 2.75) is 69.1 Å². The molecular weight excluding hydrogens is 566 g/mol. The van der Waals surface area contributed by atoms with Gasteiger partial charge in [0.2, 0.25) is 23.6 Å². The van der Waals surface area contributed by atoms with E-state index < -0.39 is 47.8 Å². The Hall–Kier alpha value is -4.69. The van der Waals surface area contributed by atoms with E-state index in [2.05, 4.69) is 20.9 Å². The highest BCUT2D eigenvalue weighted by Crippen LogP contribution is 2.13. The van der Waals surface area contributed by atoms with Crippen molar-refractivity contribution in [3.05, 3.63) is 65.7 Å². The highest BCUT2D eigenvalue weighted by atomic mass is 16.3. The third-order valence-corrected chi connectivity index (χ3v) is 6.84.